The first-order valence-corrected chi connectivity index (χ1v) is 4.95. The monoisotopic (exact) mass is 233 g/mol. The molecule has 5 heteroatoms. The van der Waals surface area contributed by atoms with Gasteiger partial charge in [0.15, 0.2) is 0 Å². The first-order valence-electron chi connectivity index (χ1n) is 4.58. The fraction of sp³-hybridized carbons (Fsp3) is 0.500. The molecule has 0 bridgehead atoms. The standard InChI is InChI=1S/C10H13ClFNO2/c1-10(12,3-5-14)7-15-9-6-8(11)2-4-13-9/h2,4,6,14H,3,5,7H2,1H3/t10-/m0/s1. The van der Waals surface area contributed by atoms with E-state index in [2.05, 4.69) is 4.98 Å². The predicted molar refractivity (Wildman–Crippen MR) is 56.0 cm³/mol. The molecule has 0 spiro atoms. The van der Waals surface area contributed by atoms with Crippen molar-refractivity contribution in [1.29, 1.82) is 0 Å². The molecular formula is C10H13ClFNO2. The van der Waals surface area contributed by atoms with Crippen LogP contribution in [0.2, 0.25) is 5.02 Å². The van der Waals surface area contributed by atoms with Crippen LogP contribution in [0, 0.1) is 0 Å². The van der Waals surface area contributed by atoms with Crippen molar-refractivity contribution >= 4 is 11.6 Å². The van der Waals surface area contributed by atoms with E-state index in [-0.39, 0.29) is 25.5 Å². The zero-order valence-corrected chi connectivity index (χ0v) is 9.17. The van der Waals surface area contributed by atoms with Crippen molar-refractivity contribution in [2.45, 2.75) is 19.0 Å². The van der Waals surface area contributed by atoms with Crippen molar-refractivity contribution in [1.82, 2.24) is 4.98 Å². The predicted octanol–water partition coefficient (Wildman–Crippen LogP) is 2.22. The third kappa shape index (κ3) is 4.44. The molecule has 0 aliphatic heterocycles. The van der Waals surface area contributed by atoms with Gasteiger partial charge in [-0.05, 0) is 13.0 Å². The summed E-state index contributed by atoms with van der Waals surface area (Å²) in [6, 6.07) is 3.12. The normalized spacial score (nSPS) is 14.7. The van der Waals surface area contributed by atoms with Crippen molar-refractivity contribution in [3.05, 3.63) is 23.4 Å². The number of pyridine rings is 1. The fourth-order valence-corrected chi connectivity index (χ4v) is 1.14. The largest absolute Gasteiger partial charge is 0.474 e. The number of rotatable bonds is 5. The Morgan fingerprint density at radius 2 is 2.40 bits per heavy atom. The molecule has 0 saturated carbocycles. The Morgan fingerprint density at radius 3 is 3.00 bits per heavy atom. The maximum Gasteiger partial charge on any atom is 0.214 e. The Morgan fingerprint density at radius 1 is 1.67 bits per heavy atom. The molecule has 1 N–H and O–H groups in total. The van der Waals surface area contributed by atoms with E-state index in [0.29, 0.717) is 5.02 Å². The Kier molecular flexibility index (Phi) is 4.29. The van der Waals surface area contributed by atoms with Crippen molar-refractivity contribution in [2.24, 2.45) is 0 Å². The maximum atomic E-state index is 13.5. The molecule has 1 aromatic rings. The van der Waals surface area contributed by atoms with Crippen LogP contribution in [0.5, 0.6) is 5.88 Å². The molecular weight excluding hydrogens is 221 g/mol. The smallest absolute Gasteiger partial charge is 0.214 e. The molecule has 3 nitrogen and oxygen atoms in total. The summed E-state index contributed by atoms with van der Waals surface area (Å²) in [7, 11) is 0. The van der Waals surface area contributed by atoms with Gasteiger partial charge in [0.1, 0.15) is 12.3 Å². The quantitative estimate of drug-likeness (QED) is 0.848. The molecule has 0 aliphatic carbocycles. The Hall–Kier alpha value is -0.870. The third-order valence-corrected chi connectivity index (χ3v) is 2.09. The van der Waals surface area contributed by atoms with Gasteiger partial charge in [-0.3, -0.25) is 0 Å². The molecule has 1 heterocycles. The maximum absolute atomic E-state index is 13.5. The van der Waals surface area contributed by atoms with Crippen molar-refractivity contribution < 1.29 is 14.2 Å². The van der Waals surface area contributed by atoms with Crippen LogP contribution >= 0.6 is 11.6 Å². The molecule has 1 atom stereocenters. The molecule has 0 fully saturated rings. The molecule has 0 saturated heterocycles. The van der Waals surface area contributed by atoms with E-state index in [9.17, 15) is 4.39 Å². The number of halogens is 2. The molecule has 0 aliphatic rings. The topological polar surface area (TPSA) is 42.4 Å². The summed E-state index contributed by atoms with van der Waals surface area (Å²) in [5.41, 5.74) is -1.56. The zero-order valence-electron chi connectivity index (χ0n) is 8.41. The molecule has 84 valence electrons. The first kappa shape index (κ1) is 12.2. The summed E-state index contributed by atoms with van der Waals surface area (Å²) >= 11 is 5.70. The second kappa shape index (κ2) is 5.28. The second-order valence-corrected chi connectivity index (χ2v) is 3.92. The van der Waals surface area contributed by atoms with Gasteiger partial charge in [-0.1, -0.05) is 11.6 Å². The highest BCUT2D eigenvalue weighted by Crippen LogP contribution is 2.19. The van der Waals surface area contributed by atoms with Crippen molar-refractivity contribution in [3.63, 3.8) is 0 Å². The van der Waals surface area contributed by atoms with Crippen LogP contribution in [0.3, 0.4) is 0 Å². The second-order valence-electron chi connectivity index (χ2n) is 3.49. The molecule has 0 amide bonds. The molecule has 0 radical (unpaired) electrons. The highest BCUT2D eigenvalue weighted by molar-refractivity contribution is 6.30. The summed E-state index contributed by atoms with van der Waals surface area (Å²) < 4.78 is 18.7. The van der Waals surface area contributed by atoms with Crippen LogP contribution in [0.4, 0.5) is 4.39 Å². The number of aliphatic hydroxyl groups excluding tert-OH is 1. The number of alkyl halides is 1. The van der Waals surface area contributed by atoms with Crippen molar-refractivity contribution in [3.8, 4) is 5.88 Å². The Balaban J connectivity index is 2.49. The third-order valence-electron chi connectivity index (χ3n) is 1.85. The highest BCUT2D eigenvalue weighted by Gasteiger charge is 2.23. The van der Waals surface area contributed by atoms with Gasteiger partial charge < -0.3 is 9.84 Å². The van der Waals surface area contributed by atoms with Crippen LogP contribution < -0.4 is 4.74 Å². The van der Waals surface area contributed by atoms with Gasteiger partial charge in [0.25, 0.3) is 0 Å². The first-order chi connectivity index (χ1) is 7.03. The van der Waals surface area contributed by atoms with Gasteiger partial charge in [-0.25, -0.2) is 9.37 Å². The van der Waals surface area contributed by atoms with Gasteiger partial charge >= 0.3 is 0 Å². The van der Waals surface area contributed by atoms with Crippen LogP contribution in [-0.4, -0.2) is 29.0 Å². The average molecular weight is 234 g/mol. The average Bonchev–Trinajstić information content (AvgIpc) is 2.15. The summed E-state index contributed by atoms with van der Waals surface area (Å²) in [6.07, 6.45) is 1.52. The van der Waals surface area contributed by atoms with E-state index >= 15 is 0 Å². The van der Waals surface area contributed by atoms with E-state index in [4.69, 9.17) is 21.4 Å². The van der Waals surface area contributed by atoms with E-state index in [1.54, 1.807) is 6.07 Å². The lowest BCUT2D eigenvalue weighted by Gasteiger charge is -2.18. The number of aromatic nitrogens is 1. The summed E-state index contributed by atoms with van der Waals surface area (Å²) in [6.45, 7) is 1.01. The lowest BCUT2D eigenvalue weighted by atomic mass is 10.1. The minimum atomic E-state index is -1.56. The van der Waals surface area contributed by atoms with Crippen LogP contribution in [-0.2, 0) is 0 Å². The lowest BCUT2D eigenvalue weighted by molar-refractivity contribution is 0.0711. The molecule has 15 heavy (non-hydrogen) atoms. The summed E-state index contributed by atoms with van der Waals surface area (Å²) in [4.78, 5) is 3.87. The minimum Gasteiger partial charge on any atom is -0.474 e. The fourth-order valence-electron chi connectivity index (χ4n) is 0.994. The molecule has 0 aromatic carbocycles. The Labute approximate surface area is 92.9 Å². The molecule has 1 aromatic heterocycles. The Bertz CT molecular complexity index is 320. The van der Waals surface area contributed by atoms with Crippen LogP contribution in [0.1, 0.15) is 13.3 Å². The number of aliphatic hydroxyl groups is 1. The van der Waals surface area contributed by atoms with Crippen LogP contribution in [0.25, 0.3) is 0 Å². The summed E-state index contributed by atoms with van der Waals surface area (Å²) in [5, 5.41) is 9.10. The summed E-state index contributed by atoms with van der Waals surface area (Å²) in [5.74, 6) is 0.282. The number of hydrogen-bond acceptors (Lipinski definition) is 3. The number of hydrogen-bond donors (Lipinski definition) is 1. The number of nitrogens with zero attached hydrogens (tertiary/aromatic N) is 1. The van der Waals surface area contributed by atoms with E-state index in [0.717, 1.165) is 0 Å². The van der Waals surface area contributed by atoms with Gasteiger partial charge in [0.05, 0.1) is 0 Å². The van der Waals surface area contributed by atoms with E-state index in [1.165, 1.54) is 19.2 Å². The SMILES string of the molecule is C[C@](F)(CCO)COc1cc(Cl)ccn1. The molecule has 1 rings (SSSR count). The van der Waals surface area contributed by atoms with E-state index in [1.807, 2.05) is 0 Å². The van der Waals surface area contributed by atoms with Gasteiger partial charge in [0.2, 0.25) is 5.88 Å². The highest BCUT2D eigenvalue weighted by atomic mass is 35.5. The van der Waals surface area contributed by atoms with Crippen molar-refractivity contribution in [2.75, 3.05) is 13.2 Å². The number of ether oxygens (including phenoxy) is 1. The van der Waals surface area contributed by atoms with E-state index < -0.39 is 5.67 Å². The lowest BCUT2D eigenvalue weighted by Crippen LogP contribution is -2.28. The van der Waals surface area contributed by atoms with Gasteiger partial charge in [-0.2, -0.15) is 0 Å². The minimum absolute atomic E-state index is 0.0353. The zero-order chi connectivity index (χ0) is 11.3. The van der Waals surface area contributed by atoms with Crippen LogP contribution in [0.15, 0.2) is 18.3 Å². The van der Waals surface area contributed by atoms with Gasteiger partial charge in [-0.15, -0.1) is 0 Å². The van der Waals surface area contributed by atoms with Gasteiger partial charge in [0, 0.05) is 30.3 Å². The molecule has 0 unspecified atom stereocenters.